The van der Waals surface area contributed by atoms with Crippen molar-refractivity contribution in [2.45, 2.75) is 54.7 Å². The standard InChI is InChI=1S/C3H5I3.C3H6I2.C3H6I.C3H7.C2H3BO.C2H3BS.BHO.BHS.2V/c1-2-3(4,5)6;1-2-3(4)5;1-2-3-4;1-3-2;2*1-2-4-3;2*1-2;;/h2H2,1H3;3H,2H2,1H3;3H,2H2,1H3;1,3H2,2H3;2*2H,1H2;2*2H;;/q;;2*-1;;;;;;. The maximum Gasteiger partial charge on any atom is 0.373 e. The smallest absolute Gasteiger partial charge is 0.373 e. The summed E-state index contributed by atoms with van der Waals surface area (Å²) in [6, 6.07) is 0. The first kappa shape index (κ1) is 66.2. The summed E-state index contributed by atoms with van der Waals surface area (Å²) in [7, 11) is 16.9. The van der Waals surface area contributed by atoms with Gasteiger partial charge in [-0.05, 0) is 18.2 Å². The number of hydrogen-bond donors (Lipinski definition) is 2. The van der Waals surface area contributed by atoms with Crippen molar-refractivity contribution < 1.29 is 46.8 Å². The quantitative estimate of drug-likeness (QED) is 0.0719. The van der Waals surface area contributed by atoms with E-state index in [1.54, 1.807) is 5.41 Å². The molecule has 186 valence electrons. The van der Waals surface area contributed by atoms with Gasteiger partial charge in [-0.25, -0.2) is 24.1 Å². The number of halogens is 6. The molecule has 0 saturated carbocycles. The fraction of sp³-hybridized carbons (Fsp3) is 0.625. The van der Waals surface area contributed by atoms with Gasteiger partial charge in [-0.15, -0.1) is 0 Å². The summed E-state index contributed by atoms with van der Waals surface area (Å²) in [4.78, 5) is 0. The summed E-state index contributed by atoms with van der Waals surface area (Å²) in [5, 5.41) is 8.07. The molecule has 0 aliphatic rings. The predicted octanol–water partition coefficient (Wildman–Crippen LogP) is 9.40. The number of thiol groups is 1. The van der Waals surface area contributed by atoms with Gasteiger partial charge in [0.25, 0.3) is 8.05 Å². The SMILES string of the molecule is CCC(I)(I)I.CCC(I)I.CC[CH-]I.[B]O.[B]OC=C.[B]S.[B]SC=C.[CH2-]CC.[V].[V]. The molecule has 0 spiro atoms. The molecule has 0 aliphatic carbocycles. The molecule has 0 unspecified atom stereocenters. The monoisotopic (exact) mass is 1230 g/mol. The maximum absolute atomic E-state index is 6.50. The van der Waals surface area contributed by atoms with Crippen LogP contribution in [-0.4, -0.2) is 36.7 Å². The first-order valence-electron chi connectivity index (χ1n) is 8.00. The van der Waals surface area contributed by atoms with E-state index in [9.17, 15) is 0 Å². The van der Waals surface area contributed by atoms with E-state index in [1.165, 1.54) is 19.3 Å². The number of rotatable bonds is 5. The van der Waals surface area contributed by atoms with E-state index in [4.69, 9.17) is 12.1 Å². The van der Waals surface area contributed by atoms with E-state index in [2.05, 4.69) is 221 Å². The van der Waals surface area contributed by atoms with Gasteiger partial charge in [0.2, 0.25) is 0 Å². The molecule has 0 atom stereocenters. The largest absolute Gasteiger partial charge is 0.573 e. The van der Waals surface area contributed by atoms with Crippen molar-refractivity contribution in [2.24, 2.45) is 0 Å². The molecule has 2 nitrogen and oxygen atoms in total. The molecule has 0 saturated heterocycles. The summed E-state index contributed by atoms with van der Waals surface area (Å²) >= 11 is 18.4. The Balaban J connectivity index is -0.0000000219. The Labute approximate surface area is 321 Å². The second kappa shape index (κ2) is 83.3. The fourth-order valence-corrected chi connectivity index (χ4v) is 0. The normalized spacial score (nSPS) is 6.94. The van der Waals surface area contributed by atoms with Gasteiger partial charge in [0.15, 0.2) is 14.2 Å². The van der Waals surface area contributed by atoms with Gasteiger partial charge in [-0.3, -0.25) is 4.43 Å². The molecule has 0 bridgehead atoms. The van der Waals surface area contributed by atoms with Crippen molar-refractivity contribution in [2.75, 3.05) is 0 Å². The molecule has 0 aromatic carbocycles. The molecule has 0 fully saturated rings. The van der Waals surface area contributed by atoms with Crippen molar-refractivity contribution in [3.05, 3.63) is 36.2 Å². The zero-order valence-corrected chi connectivity index (χ0v) is 36.4. The molecule has 0 heterocycles. The molecule has 1 N–H and O–H groups in total. The zero-order valence-electron chi connectivity index (χ0n) is 18.9. The van der Waals surface area contributed by atoms with Crippen LogP contribution in [0.4, 0.5) is 0 Å². The van der Waals surface area contributed by atoms with Crippen LogP contribution in [0.1, 0.15) is 53.4 Å². The Morgan fingerprint density at radius 1 is 1.12 bits per heavy atom. The Morgan fingerprint density at radius 2 is 1.28 bits per heavy atom. The molecule has 0 amide bonds. The third-order valence-electron chi connectivity index (χ3n) is 1.06. The molecule has 0 rings (SSSR count). The molecule has 10 radical (unpaired) electrons. The van der Waals surface area contributed by atoms with E-state index in [-0.39, 0.29) is 37.1 Å². The van der Waals surface area contributed by atoms with Gasteiger partial charge in [0.1, 0.15) is -0.565 Å². The molecule has 0 aromatic heterocycles. The van der Waals surface area contributed by atoms with Crippen molar-refractivity contribution >= 4 is 190 Å². The van der Waals surface area contributed by atoms with E-state index in [0.717, 1.165) is 26.2 Å². The van der Waals surface area contributed by atoms with E-state index in [0.29, 0.717) is -0.565 Å². The van der Waals surface area contributed by atoms with Gasteiger partial charge in [0.05, 0.1) is 8.19 Å². The van der Waals surface area contributed by atoms with Crippen molar-refractivity contribution in [1.82, 2.24) is 0 Å². The van der Waals surface area contributed by atoms with Gasteiger partial charge in [0, 0.05) is 37.1 Å². The van der Waals surface area contributed by atoms with Crippen LogP contribution in [-0.2, 0) is 41.8 Å². The van der Waals surface area contributed by atoms with E-state index >= 15 is 0 Å². The molecule has 0 aliphatic heterocycles. The Morgan fingerprint density at radius 3 is 1.28 bits per heavy atom. The van der Waals surface area contributed by atoms with Gasteiger partial charge >= 0.3 is 8.05 Å². The predicted molar refractivity (Wildman–Crippen MR) is 205 cm³/mol. The molecular formula is C16H32B4I6O2S2V2-2. The van der Waals surface area contributed by atoms with Crippen LogP contribution in [0.5, 0.6) is 0 Å². The molecular weight excluding hydrogens is 1190 g/mol. The first-order chi connectivity index (χ1) is 14.0. The third-order valence-corrected chi connectivity index (χ3v) is 6.18. The summed E-state index contributed by atoms with van der Waals surface area (Å²) in [6.45, 7) is 18.4. The van der Waals surface area contributed by atoms with Crippen LogP contribution in [0.3, 0.4) is 0 Å². The van der Waals surface area contributed by atoms with Crippen LogP contribution >= 0.6 is 160 Å². The minimum absolute atomic E-state index is 0. The van der Waals surface area contributed by atoms with Crippen LogP contribution in [0.2, 0.25) is 0 Å². The van der Waals surface area contributed by atoms with Crippen LogP contribution in [0.15, 0.2) is 24.8 Å². The second-order valence-electron chi connectivity index (χ2n) is 3.44. The molecule has 0 aromatic rings. The van der Waals surface area contributed by atoms with Gasteiger partial charge in [-0.2, -0.15) is 12.8 Å². The van der Waals surface area contributed by atoms with Crippen molar-refractivity contribution in [3.63, 3.8) is 0 Å². The van der Waals surface area contributed by atoms with Crippen LogP contribution in [0.25, 0.3) is 0 Å². The second-order valence-corrected chi connectivity index (χ2v) is 22.0. The summed E-state index contributed by atoms with van der Waals surface area (Å²) in [5.74, 6) is 0. The van der Waals surface area contributed by atoms with Gasteiger partial charge < -0.3 is 39.2 Å². The first-order valence-corrected chi connectivity index (χ1v) is 16.4. The van der Waals surface area contributed by atoms with Gasteiger partial charge in [-0.1, -0.05) is 154 Å². The molecule has 32 heavy (non-hydrogen) atoms. The minimum Gasteiger partial charge on any atom is -0.573 e. The summed E-state index contributed by atoms with van der Waals surface area (Å²) < 4.78 is 7.18. The topological polar surface area (TPSA) is 29.5 Å². The average Bonchev–Trinajstić information content (AvgIpc) is 2.77. The number of hydrogen-bond acceptors (Lipinski definition) is 4. The Bertz CT molecular complexity index is 237. The summed E-state index contributed by atoms with van der Waals surface area (Å²) in [5.41, 5.74) is 0. The fourth-order valence-electron chi connectivity index (χ4n) is 0. The number of alkyl halides is 5. The maximum atomic E-state index is 6.50. The zero-order chi connectivity index (χ0) is 26.4. The molecule has 16 heteroatoms. The summed E-state index contributed by atoms with van der Waals surface area (Å²) in [6.07, 6.45) is 5.84. The van der Waals surface area contributed by atoms with Crippen molar-refractivity contribution in [1.29, 1.82) is 0 Å². The van der Waals surface area contributed by atoms with E-state index < -0.39 is 0 Å². The average molecular weight is 1230 g/mol. The third kappa shape index (κ3) is 228. The Kier molecular flexibility index (Phi) is 172. The van der Waals surface area contributed by atoms with Crippen LogP contribution in [0, 0.1) is 11.4 Å². The van der Waals surface area contributed by atoms with E-state index in [1.807, 2.05) is 6.92 Å². The van der Waals surface area contributed by atoms with Crippen molar-refractivity contribution in [3.8, 4) is 0 Å². The minimum atomic E-state index is 0. The van der Waals surface area contributed by atoms with Crippen LogP contribution < -0.4 is 0 Å². The Hall–Kier alpha value is 5.75.